The van der Waals surface area contributed by atoms with Crippen molar-refractivity contribution in [3.05, 3.63) is 34.9 Å². The molecule has 0 heterocycles. The Kier molecular flexibility index (Phi) is 7.19. The number of hydrogen-bond acceptors (Lipinski definition) is 3. The Morgan fingerprint density at radius 1 is 1.24 bits per heavy atom. The first-order valence-corrected chi connectivity index (χ1v) is 7.38. The Bertz CT molecular complexity index is 494. The molecule has 0 bridgehead atoms. The van der Waals surface area contributed by atoms with Gasteiger partial charge in [0.2, 0.25) is 11.8 Å². The van der Waals surface area contributed by atoms with Gasteiger partial charge in [0.1, 0.15) is 6.04 Å². The molecule has 5 nitrogen and oxygen atoms in total. The highest BCUT2D eigenvalue weighted by molar-refractivity contribution is 6.31. The molecule has 0 aromatic heterocycles. The molecule has 6 heteroatoms. The van der Waals surface area contributed by atoms with E-state index >= 15 is 0 Å². The molecule has 0 fully saturated rings. The van der Waals surface area contributed by atoms with E-state index in [0.29, 0.717) is 11.6 Å². The smallest absolute Gasteiger partial charge is 0.242 e. The Morgan fingerprint density at radius 2 is 1.90 bits per heavy atom. The van der Waals surface area contributed by atoms with Crippen molar-refractivity contribution >= 4 is 23.4 Å². The van der Waals surface area contributed by atoms with Crippen LogP contribution in [0.15, 0.2) is 24.3 Å². The van der Waals surface area contributed by atoms with Gasteiger partial charge in [-0.25, -0.2) is 0 Å². The lowest BCUT2D eigenvalue weighted by atomic mass is 10.1. The number of amides is 2. The number of carbonyl (C=O) groups is 2. The molecular formula is C15H22ClN3O2. The number of rotatable bonds is 7. The molecule has 2 amide bonds. The van der Waals surface area contributed by atoms with E-state index in [2.05, 4.69) is 16.0 Å². The predicted octanol–water partition coefficient (Wildman–Crippen LogP) is 1.63. The SMILES string of the molecule is CCNC(=O)[C@@H](C)NC(=O)CN[C@@H](C)c1ccccc1Cl. The molecule has 0 radical (unpaired) electrons. The van der Waals surface area contributed by atoms with Gasteiger partial charge in [0.15, 0.2) is 0 Å². The molecule has 0 saturated heterocycles. The normalized spacial score (nSPS) is 13.3. The Balaban J connectivity index is 2.43. The molecule has 0 aliphatic heterocycles. The molecule has 0 aliphatic rings. The fourth-order valence-corrected chi connectivity index (χ4v) is 2.17. The summed E-state index contributed by atoms with van der Waals surface area (Å²) in [5.41, 5.74) is 0.934. The molecule has 0 saturated carbocycles. The van der Waals surface area contributed by atoms with Crippen LogP contribution in [0, 0.1) is 0 Å². The van der Waals surface area contributed by atoms with Crippen molar-refractivity contribution < 1.29 is 9.59 Å². The third-order valence-corrected chi connectivity index (χ3v) is 3.41. The summed E-state index contributed by atoms with van der Waals surface area (Å²) >= 11 is 6.10. The van der Waals surface area contributed by atoms with Crippen LogP contribution in [0.4, 0.5) is 0 Å². The third kappa shape index (κ3) is 5.73. The van der Waals surface area contributed by atoms with Gasteiger partial charge < -0.3 is 16.0 Å². The summed E-state index contributed by atoms with van der Waals surface area (Å²) in [4.78, 5) is 23.3. The van der Waals surface area contributed by atoms with E-state index in [4.69, 9.17) is 11.6 Å². The maximum atomic E-state index is 11.8. The summed E-state index contributed by atoms with van der Waals surface area (Å²) in [7, 11) is 0. The van der Waals surface area contributed by atoms with Gasteiger partial charge >= 0.3 is 0 Å². The molecule has 21 heavy (non-hydrogen) atoms. The van der Waals surface area contributed by atoms with E-state index in [-0.39, 0.29) is 24.4 Å². The summed E-state index contributed by atoms with van der Waals surface area (Å²) in [5, 5.41) is 9.05. The van der Waals surface area contributed by atoms with Crippen LogP contribution in [-0.4, -0.2) is 30.9 Å². The predicted molar refractivity (Wildman–Crippen MR) is 84.2 cm³/mol. The number of benzene rings is 1. The van der Waals surface area contributed by atoms with Gasteiger partial charge in [-0.2, -0.15) is 0 Å². The fraction of sp³-hybridized carbons (Fsp3) is 0.467. The second kappa shape index (κ2) is 8.64. The highest BCUT2D eigenvalue weighted by atomic mass is 35.5. The maximum Gasteiger partial charge on any atom is 0.242 e. The standard InChI is InChI=1S/C15H22ClN3O2/c1-4-17-15(21)11(3)19-14(20)9-18-10(2)12-7-5-6-8-13(12)16/h5-8,10-11,18H,4,9H2,1-3H3,(H,17,21)(H,19,20)/t10-,11+/m0/s1. The van der Waals surface area contributed by atoms with Crippen LogP contribution in [0.5, 0.6) is 0 Å². The van der Waals surface area contributed by atoms with Crippen molar-refractivity contribution in [2.45, 2.75) is 32.9 Å². The second-order valence-corrected chi connectivity index (χ2v) is 5.22. The summed E-state index contributed by atoms with van der Waals surface area (Å²) in [6.07, 6.45) is 0. The van der Waals surface area contributed by atoms with Gasteiger partial charge in [-0.05, 0) is 32.4 Å². The minimum atomic E-state index is -0.546. The van der Waals surface area contributed by atoms with Crippen molar-refractivity contribution in [2.75, 3.05) is 13.1 Å². The molecule has 2 atom stereocenters. The maximum absolute atomic E-state index is 11.8. The lowest BCUT2D eigenvalue weighted by Crippen LogP contribution is -2.47. The Morgan fingerprint density at radius 3 is 2.52 bits per heavy atom. The average Bonchev–Trinajstić information content (AvgIpc) is 2.45. The molecule has 0 unspecified atom stereocenters. The van der Waals surface area contributed by atoms with Gasteiger partial charge in [-0.3, -0.25) is 9.59 Å². The minimum Gasteiger partial charge on any atom is -0.355 e. The lowest BCUT2D eigenvalue weighted by Gasteiger charge is -2.17. The molecular weight excluding hydrogens is 290 g/mol. The average molecular weight is 312 g/mol. The molecule has 1 rings (SSSR count). The molecule has 3 N–H and O–H groups in total. The lowest BCUT2D eigenvalue weighted by molar-refractivity contribution is -0.128. The van der Waals surface area contributed by atoms with Crippen molar-refractivity contribution in [1.82, 2.24) is 16.0 Å². The third-order valence-electron chi connectivity index (χ3n) is 3.06. The van der Waals surface area contributed by atoms with E-state index in [1.54, 1.807) is 6.92 Å². The van der Waals surface area contributed by atoms with Gasteiger partial charge in [-0.1, -0.05) is 29.8 Å². The Hall–Kier alpha value is -1.59. The number of carbonyl (C=O) groups excluding carboxylic acids is 2. The van der Waals surface area contributed by atoms with Crippen molar-refractivity contribution in [2.24, 2.45) is 0 Å². The molecule has 0 spiro atoms. The van der Waals surface area contributed by atoms with Crippen molar-refractivity contribution in [3.63, 3.8) is 0 Å². The van der Waals surface area contributed by atoms with E-state index < -0.39 is 6.04 Å². The molecule has 116 valence electrons. The van der Waals surface area contributed by atoms with Crippen LogP contribution in [0.1, 0.15) is 32.4 Å². The quantitative estimate of drug-likeness (QED) is 0.717. The summed E-state index contributed by atoms with van der Waals surface area (Å²) in [6, 6.07) is 6.89. The first-order chi connectivity index (χ1) is 9.95. The number of halogens is 1. The fourth-order valence-electron chi connectivity index (χ4n) is 1.87. The van der Waals surface area contributed by atoms with Crippen LogP contribution in [-0.2, 0) is 9.59 Å². The second-order valence-electron chi connectivity index (χ2n) is 4.81. The topological polar surface area (TPSA) is 70.2 Å². The van der Waals surface area contributed by atoms with Gasteiger partial charge in [0.25, 0.3) is 0 Å². The van der Waals surface area contributed by atoms with Crippen LogP contribution in [0.3, 0.4) is 0 Å². The van der Waals surface area contributed by atoms with Crippen LogP contribution in [0.2, 0.25) is 5.02 Å². The molecule has 0 aliphatic carbocycles. The zero-order valence-electron chi connectivity index (χ0n) is 12.6. The number of nitrogens with one attached hydrogen (secondary N) is 3. The summed E-state index contributed by atoms with van der Waals surface area (Å²) in [5.74, 6) is -0.419. The number of likely N-dealkylation sites (N-methyl/N-ethyl adjacent to an activating group) is 1. The zero-order valence-corrected chi connectivity index (χ0v) is 13.3. The minimum absolute atomic E-state index is 0.0516. The largest absolute Gasteiger partial charge is 0.355 e. The highest BCUT2D eigenvalue weighted by Crippen LogP contribution is 2.21. The van der Waals surface area contributed by atoms with Crippen LogP contribution in [0.25, 0.3) is 0 Å². The highest BCUT2D eigenvalue weighted by Gasteiger charge is 2.15. The van der Waals surface area contributed by atoms with Gasteiger partial charge in [-0.15, -0.1) is 0 Å². The van der Waals surface area contributed by atoms with E-state index in [0.717, 1.165) is 5.56 Å². The number of hydrogen-bond donors (Lipinski definition) is 3. The molecule has 1 aromatic carbocycles. The first kappa shape index (κ1) is 17.5. The van der Waals surface area contributed by atoms with Crippen molar-refractivity contribution in [3.8, 4) is 0 Å². The van der Waals surface area contributed by atoms with E-state index in [1.165, 1.54) is 0 Å². The summed E-state index contributed by atoms with van der Waals surface area (Å²) < 4.78 is 0. The first-order valence-electron chi connectivity index (χ1n) is 7.00. The monoisotopic (exact) mass is 311 g/mol. The van der Waals surface area contributed by atoms with Crippen molar-refractivity contribution in [1.29, 1.82) is 0 Å². The molecule has 1 aromatic rings. The van der Waals surface area contributed by atoms with Crippen LogP contribution < -0.4 is 16.0 Å². The van der Waals surface area contributed by atoms with Crippen LogP contribution >= 0.6 is 11.6 Å². The zero-order chi connectivity index (χ0) is 15.8. The summed E-state index contributed by atoms with van der Waals surface area (Å²) in [6.45, 7) is 6.08. The Labute approximate surface area is 130 Å². The van der Waals surface area contributed by atoms with E-state index in [9.17, 15) is 9.59 Å². The van der Waals surface area contributed by atoms with Gasteiger partial charge in [0, 0.05) is 17.6 Å². The van der Waals surface area contributed by atoms with Gasteiger partial charge in [0.05, 0.1) is 6.54 Å². The van der Waals surface area contributed by atoms with E-state index in [1.807, 2.05) is 38.1 Å².